The van der Waals surface area contributed by atoms with Crippen LogP contribution in [0.25, 0.3) is 0 Å². The van der Waals surface area contributed by atoms with Gasteiger partial charge >= 0.3 is 0 Å². The Kier molecular flexibility index (Phi) is 5.46. The van der Waals surface area contributed by atoms with E-state index in [1.807, 2.05) is 6.92 Å². The maximum absolute atomic E-state index is 12.7. The second-order valence-electron chi connectivity index (χ2n) is 5.85. The molecular weight excluding hydrogens is 288 g/mol. The molecule has 1 heterocycles. The van der Waals surface area contributed by atoms with Crippen LogP contribution in [0, 0.1) is 12.8 Å². The van der Waals surface area contributed by atoms with E-state index >= 15 is 0 Å². The Labute approximate surface area is 127 Å². The third-order valence-electron chi connectivity index (χ3n) is 4.15. The SMILES string of the molecule is CCNCc1cc(S(=O)(=O)N(C)CC2CCCC2)c(C)o1. The Morgan fingerprint density at radius 1 is 1.38 bits per heavy atom. The summed E-state index contributed by atoms with van der Waals surface area (Å²) in [6.07, 6.45) is 4.71. The number of hydrogen-bond acceptors (Lipinski definition) is 4. The van der Waals surface area contributed by atoms with Crippen molar-refractivity contribution in [1.29, 1.82) is 0 Å². The molecule has 0 aliphatic heterocycles. The summed E-state index contributed by atoms with van der Waals surface area (Å²) in [5.41, 5.74) is 0. The Morgan fingerprint density at radius 2 is 2.05 bits per heavy atom. The van der Waals surface area contributed by atoms with E-state index < -0.39 is 10.0 Å². The zero-order valence-electron chi connectivity index (χ0n) is 13.2. The first-order chi connectivity index (χ1) is 9.95. The molecule has 0 saturated heterocycles. The van der Waals surface area contributed by atoms with Gasteiger partial charge in [-0.25, -0.2) is 12.7 Å². The smallest absolute Gasteiger partial charge is 0.246 e. The molecule has 1 aliphatic carbocycles. The molecule has 1 aromatic rings. The van der Waals surface area contributed by atoms with Gasteiger partial charge in [-0.2, -0.15) is 0 Å². The molecular formula is C15H26N2O3S. The van der Waals surface area contributed by atoms with Crippen LogP contribution in [0.4, 0.5) is 0 Å². The standard InChI is InChI=1S/C15H26N2O3S/c1-4-16-10-14-9-15(12(2)20-14)21(18,19)17(3)11-13-7-5-6-8-13/h9,13,16H,4-8,10-11H2,1-3H3. The van der Waals surface area contributed by atoms with Crippen molar-refractivity contribution in [2.24, 2.45) is 5.92 Å². The Balaban J connectivity index is 2.12. The van der Waals surface area contributed by atoms with Crippen molar-refractivity contribution >= 4 is 10.0 Å². The Morgan fingerprint density at radius 3 is 2.67 bits per heavy atom. The highest BCUT2D eigenvalue weighted by atomic mass is 32.2. The van der Waals surface area contributed by atoms with Crippen molar-refractivity contribution in [2.45, 2.75) is 51.0 Å². The van der Waals surface area contributed by atoms with Gasteiger partial charge in [0.25, 0.3) is 0 Å². The summed E-state index contributed by atoms with van der Waals surface area (Å²) in [6.45, 7) is 5.70. The average Bonchev–Trinajstić information content (AvgIpc) is 3.06. The van der Waals surface area contributed by atoms with Crippen molar-refractivity contribution in [2.75, 3.05) is 20.1 Å². The van der Waals surface area contributed by atoms with E-state index in [1.54, 1.807) is 20.0 Å². The van der Waals surface area contributed by atoms with Gasteiger partial charge in [0.05, 0.1) is 6.54 Å². The Bertz CT molecular complexity index is 559. The molecule has 1 saturated carbocycles. The van der Waals surface area contributed by atoms with E-state index in [0.29, 0.717) is 35.4 Å². The molecule has 6 heteroatoms. The van der Waals surface area contributed by atoms with Crippen molar-refractivity contribution in [3.05, 3.63) is 17.6 Å². The van der Waals surface area contributed by atoms with Gasteiger partial charge in [0.15, 0.2) is 0 Å². The van der Waals surface area contributed by atoms with Crippen LogP contribution in [-0.4, -0.2) is 32.9 Å². The fourth-order valence-corrected chi connectivity index (χ4v) is 4.37. The number of sulfonamides is 1. The molecule has 2 rings (SSSR count). The molecule has 0 spiro atoms. The number of hydrogen-bond donors (Lipinski definition) is 1. The lowest BCUT2D eigenvalue weighted by Gasteiger charge is -2.20. The van der Waals surface area contributed by atoms with Crippen LogP contribution < -0.4 is 5.32 Å². The summed E-state index contributed by atoms with van der Waals surface area (Å²) in [6, 6.07) is 1.65. The fraction of sp³-hybridized carbons (Fsp3) is 0.733. The highest BCUT2D eigenvalue weighted by molar-refractivity contribution is 7.89. The monoisotopic (exact) mass is 314 g/mol. The van der Waals surface area contributed by atoms with E-state index in [1.165, 1.54) is 17.1 Å². The minimum Gasteiger partial charge on any atom is -0.464 e. The molecule has 1 aromatic heterocycles. The molecule has 21 heavy (non-hydrogen) atoms. The molecule has 5 nitrogen and oxygen atoms in total. The number of nitrogens with one attached hydrogen (secondary N) is 1. The van der Waals surface area contributed by atoms with Crippen molar-refractivity contribution in [3.63, 3.8) is 0 Å². The molecule has 0 bridgehead atoms. The van der Waals surface area contributed by atoms with E-state index in [9.17, 15) is 8.42 Å². The largest absolute Gasteiger partial charge is 0.464 e. The maximum atomic E-state index is 12.7. The summed E-state index contributed by atoms with van der Waals surface area (Å²) in [7, 11) is -1.78. The lowest BCUT2D eigenvalue weighted by Crippen LogP contribution is -2.31. The Hall–Kier alpha value is -0.850. The molecule has 1 fully saturated rings. The van der Waals surface area contributed by atoms with Gasteiger partial charge in [0, 0.05) is 19.7 Å². The van der Waals surface area contributed by atoms with Crippen LogP contribution in [0.15, 0.2) is 15.4 Å². The molecule has 0 radical (unpaired) electrons. The van der Waals surface area contributed by atoms with Gasteiger partial charge in [-0.05, 0) is 32.2 Å². The van der Waals surface area contributed by atoms with Crippen LogP contribution in [0.1, 0.15) is 44.1 Å². The van der Waals surface area contributed by atoms with E-state index in [4.69, 9.17) is 4.42 Å². The zero-order chi connectivity index (χ0) is 15.5. The highest BCUT2D eigenvalue weighted by Crippen LogP contribution is 2.28. The topological polar surface area (TPSA) is 62.6 Å². The van der Waals surface area contributed by atoms with Crippen LogP contribution in [0.3, 0.4) is 0 Å². The highest BCUT2D eigenvalue weighted by Gasteiger charge is 2.28. The fourth-order valence-electron chi connectivity index (χ4n) is 2.94. The van der Waals surface area contributed by atoms with Crippen LogP contribution in [0.5, 0.6) is 0 Å². The molecule has 0 unspecified atom stereocenters. The first-order valence-corrected chi connectivity index (χ1v) is 9.15. The van der Waals surface area contributed by atoms with E-state index in [0.717, 1.165) is 19.4 Å². The van der Waals surface area contributed by atoms with Gasteiger partial charge in [0.2, 0.25) is 10.0 Å². The normalized spacial score (nSPS) is 17.0. The van der Waals surface area contributed by atoms with Crippen molar-refractivity contribution in [3.8, 4) is 0 Å². The summed E-state index contributed by atoms with van der Waals surface area (Å²) >= 11 is 0. The molecule has 0 atom stereocenters. The van der Waals surface area contributed by atoms with Gasteiger partial charge in [-0.1, -0.05) is 19.8 Å². The minimum absolute atomic E-state index is 0.302. The predicted molar refractivity (Wildman–Crippen MR) is 82.6 cm³/mol. The molecule has 1 aliphatic rings. The van der Waals surface area contributed by atoms with Crippen LogP contribution in [-0.2, 0) is 16.6 Å². The number of rotatable bonds is 7. The third-order valence-corrected chi connectivity index (χ3v) is 6.08. The average molecular weight is 314 g/mol. The van der Waals surface area contributed by atoms with Crippen LogP contribution in [0.2, 0.25) is 0 Å². The van der Waals surface area contributed by atoms with Gasteiger partial charge in [-0.3, -0.25) is 0 Å². The first-order valence-electron chi connectivity index (χ1n) is 7.71. The van der Waals surface area contributed by atoms with Gasteiger partial charge in [-0.15, -0.1) is 0 Å². The number of furan rings is 1. The van der Waals surface area contributed by atoms with Crippen molar-refractivity contribution in [1.82, 2.24) is 9.62 Å². The van der Waals surface area contributed by atoms with E-state index in [2.05, 4.69) is 5.32 Å². The molecule has 0 aromatic carbocycles. The zero-order valence-corrected chi connectivity index (χ0v) is 14.0. The third kappa shape index (κ3) is 3.87. The second-order valence-corrected chi connectivity index (χ2v) is 7.86. The molecule has 120 valence electrons. The first kappa shape index (κ1) is 16.5. The van der Waals surface area contributed by atoms with Gasteiger partial charge in [0.1, 0.15) is 16.4 Å². The quantitative estimate of drug-likeness (QED) is 0.840. The number of aryl methyl sites for hydroxylation is 1. The predicted octanol–water partition coefficient (Wildman–Crippen LogP) is 2.51. The van der Waals surface area contributed by atoms with Crippen molar-refractivity contribution < 1.29 is 12.8 Å². The lowest BCUT2D eigenvalue weighted by molar-refractivity contribution is 0.386. The van der Waals surface area contributed by atoms with Gasteiger partial charge < -0.3 is 9.73 Å². The molecule has 1 N–H and O–H groups in total. The maximum Gasteiger partial charge on any atom is 0.246 e. The van der Waals surface area contributed by atoms with E-state index in [-0.39, 0.29) is 0 Å². The lowest BCUT2D eigenvalue weighted by atomic mass is 10.1. The summed E-state index contributed by atoms with van der Waals surface area (Å²) in [4.78, 5) is 0.302. The minimum atomic E-state index is -3.45. The summed E-state index contributed by atoms with van der Waals surface area (Å²) in [5.74, 6) is 1.64. The van der Waals surface area contributed by atoms with Crippen LogP contribution >= 0.6 is 0 Å². The summed E-state index contributed by atoms with van der Waals surface area (Å²) in [5, 5.41) is 3.14. The number of nitrogens with zero attached hydrogens (tertiary/aromatic N) is 1. The molecule has 0 amide bonds. The summed E-state index contributed by atoms with van der Waals surface area (Å²) < 4.78 is 32.4. The second kappa shape index (κ2) is 6.94.